The van der Waals surface area contributed by atoms with E-state index < -0.39 is 0 Å². The summed E-state index contributed by atoms with van der Waals surface area (Å²) in [5.74, 6) is 1.72. The van der Waals surface area contributed by atoms with Crippen molar-refractivity contribution in [2.75, 3.05) is 6.61 Å². The molecule has 0 N–H and O–H groups in total. The molecule has 4 nitrogen and oxygen atoms in total. The molecular formula is C16H21N3O. The molecule has 0 unspecified atom stereocenters. The fourth-order valence-corrected chi connectivity index (χ4v) is 1.85. The average molecular weight is 271 g/mol. The van der Waals surface area contributed by atoms with Crippen molar-refractivity contribution in [3.63, 3.8) is 0 Å². The quantitative estimate of drug-likeness (QED) is 0.830. The van der Waals surface area contributed by atoms with Crippen LogP contribution in [0.25, 0.3) is 11.4 Å². The first kappa shape index (κ1) is 14.4. The highest BCUT2D eigenvalue weighted by Crippen LogP contribution is 2.22. The van der Waals surface area contributed by atoms with Crippen molar-refractivity contribution >= 4 is 0 Å². The lowest BCUT2D eigenvalue weighted by atomic mass is 10.1. The van der Waals surface area contributed by atoms with E-state index in [-0.39, 0.29) is 0 Å². The van der Waals surface area contributed by atoms with Crippen molar-refractivity contribution in [2.24, 2.45) is 0 Å². The van der Waals surface area contributed by atoms with Gasteiger partial charge in [-0.3, -0.25) is 4.98 Å². The van der Waals surface area contributed by atoms with Gasteiger partial charge in [-0.05, 0) is 31.4 Å². The number of aryl methyl sites for hydroxylation is 1. The maximum atomic E-state index is 5.61. The van der Waals surface area contributed by atoms with Gasteiger partial charge in [-0.2, -0.15) is 4.98 Å². The molecule has 106 valence electrons. The van der Waals surface area contributed by atoms with Crippen molar-refractivity contribution < 1.29 is 4.74 Å². The van der Waals surface area contributed by atoms with Crippen LogP contribution < -0.4 is 4.74 Å². The molecule has 20 heavy (non-hydrogen) atoms. The molecule has 2 aromatic heterocycles. The van der Waals surface area contributed by atoms with E-state index in [4.69, 9.17) is 4.74 Å². The maximum absolute atomic E-state index is 5.61. The standard InChI is InChI=1S/C16H21N3O/c1-5-8-20-15-9-12(4)18-16(19-15)13-6-7-17-14(10-13)11(2)3/h6-7,9-11H,5,8H2,1-4H3. The molecule has 2 aromatic rings. The molecule has 0 aliphatic rings. The third-order valence-electron chi connectivity index (χ3n) is 2.92. The number of rotatable bonds is 5. The summed E-state index contributed by atoms with van der Waals surface area (Å²) >= 11 is 0. The molecule has 2 heterocycles. The summed E-state index contributed by atoms with van der Waals surface area (Å²) in [4.78, 5) is 13.3. The molecule has 0 spiro atoms. The molecule has 0 radical (unpaired) electrons. The van der Waals surface area contributed by atoms with Crippen molar-refractivity contribution in [3.8, 4) is 17.3 Å². The summed E-state index contributed by atoms with van der Waals surface area (Å²) in [6.07, 6.45) is 2.77. The lowest BCUT2D eigenvalue weighted by Crippen LogP contribution is -2.01. The van der Waals surface area contributed by atoms with Gasteiger partial charge in [0.1, 0.15) is 0 Å². The van der Waals surface area contributed by atoms with E-state index in [9.17, 15) is 0 Å². The molecule has 0 aliphatic carbocycles. The number of ether oxygens (including phenoxy) is 1. The molecule has 0 fully saturated rings. The maximum Gasteiger partial charge on any atom is 0.217 e. The number of hydrogen-bond acceptors (Lipinski definition) is 4. The third kappa shape index (κ3) is 3.53. The monoisotopic (exact) mass is 271 g/mol. The third-order valence-corrected chi connectivity index (χ3v) is 2.92. The van der Waals surface area contributed by atoms with Gasteiger partial charge >= 0.3 is 0 Å². The molecule has 2 rings (SSSR count). The lowest BCUT2D eigenvalue weighted by molar-refractivity contribution is 0.305. The average Bonchev–Trinajstić information content (AvgIpc) is 2.44. The predicted octanol–water partition coefficient (Wildman–Crippen LogP) is 3.76. The molecule has 0 saturated heterocycles. The Morgan fingerprint density at radius 2 is 2.00 bits per heavy atom. The fraction of sp³-hybridized carbons (Fsp3) is 0.438. The molecule has 0 aromatic carbocycles. The Bertz CT molecular complexity index is 582. The minimum Gasteiger partial charge on any atom is -0.478 e. The molecule has 4 heteroatoms. The van der Waals surface area contributed by atoms with Gasteiger partial charge in [0.15, 0.2) is 5.82 Å². The second kappa shape index (κ2) is 6.46. The molecular weight excluding hydrogens is 250 g/mol. The smallest absolute Gasteiger partial charge is 0.217 e. The van der Waals surface area contributed by atoms with Crippen LogP contribution in [0.5, 0.6) is 5.88 Å². The normalized spacial score (nSPS) is 10.8. The largest absolute Gasteiger partial charge is 0.478 e. The summed E-state index contributed by atoms with van der Waals surface area (Å²) in [5, 5.41) is 0. The molecule has 0 amide bonds. The van der Waals surface area contributed by atoms with Crippen molar-refractivity contribution in [2.45, 2.75) is 40.0 Å². The number of pyridine rings is 1. The number of nitrogens with zero attached hydrogens (tertiary/aromatic N) is 3. The Hall–Kier alpha value is -1.97. The zero-order valence-electron chi connectivity index (χ0n) is 12.6. The predicted molar refractivity (Wildman–Crippen MR) is 79.9 cm³/mol. The van der Waals surface area contributed by atoms with E-state index in [2.05, 4.69) is 35.7 Å². The van der Waals surface area contributed by atoms with Gasteiger partial charge in [0.25, 0.3) is 0 Å². The first-order valence-electron chi connectivity index (χ1n) is 7.05. The Kier molecular flexibility index (Phi) is 4.66. The SMILES string of the molecule is CCCOc1cc(C)nc(-c2ccnc(C(C)C)c2)n1. The summed E-state index contributed by atoms with van der Waals surface area (Å²) < 4.78 is 5.61. The van der Waals surface area contributed by atoms with Crippen LogP contribution in [0.15, 0.2) is 24.4 Å². The fourth-order valence-electron chi connectivity index (χ4n) is 1.85. The van der Waals surface area contributed by atoms with Crippen molar-refractivity contribution in [3.05, 3.63) is 35.8 Å². The van der Waals surface area contributed by atoms with Gasteiger partial charge < -0.3 is 4.74 Å². The van der Waals surface area contributed by atoms with Gasteiger partial charge in [0, 0.05) is 29.2 Å². The zero-order valence-corrected chi connectivity index (χ0v) is 12.6. The Balaban J connectivity index is 2.36. The Morgan fingerprint density at radius 1 is 1.20 bits per heavy atom. The summed E-state index contributed by atoms with van der Waals surface area (Å²) in [5.41, 5.74) is 2.93. The van der Waals surface area contributed by atoms with Crippen LogP contribution in [-0.2, 0) is 0 Å². The van der Waals surface area contributed by atoms with Gasteiger partial charge in [-0.1, -0.05) is 20.8 Å². The van der Waals surface area contributed by atoms with Crippen LogP contribution in [0.1, 0.15) is 44.5 Å². The second-order valence-corrected chi connectivity index (χ2v) is 5.14. The van der Waals surface area contributed by atoms with Crippen molar-refractivity contribution in [1.82, 2.24) is 15.0 Å². The highest BCUT2D eigenvalue weighted by molar-refractivity contribution is 5.55. The van der Waals surface area contributed by atoms with Crippen LogP contribution in [0.3, 0.4) is 0 Å². The highest BCUT2D eigenvalue weighted by Gasteiger charge is 2.08. The van der Waals surface area contributed by atoms with E-state index in [1.54, 1.807) is 0 Å². The van der Waals surface area contributed by atoms with Gasteiger partial charge in [-0.15, -0.1) is 0 Å². The first-order chi connectivity index (χ1) is 9.60. The summed E-state index contributed by atoms with van der Waals surface area (Å²) in [6.45, 7) is 8.95. The van der Waals surface area contributed by atoms with Gasteiger partial charge in [-0.25, -0.2) is 4.98 Å². The van der Waals surface area contributed by atoms with Crippen LogP contribution in [0.4, 0.5) is 0 Å². The molecule has 0 atom stereocenters. The summed E-state index contributed by atoms with van der Waals surface area (Å²) in [7, 11) is 0. The Labute approximate surface area is 120 Å². The van der Waals surface area contributed by atoms with E-state index in [0.717, 1.165) is 23.4 Å². The summed E-state index contributed by atoms with van der Waals surface area (Å²) in [6, 6.07) is 5.84. The van der Waals surface area contributed by atoms with Gasteiger partial charge in [0.2, 0.25) is 5.88 Å². The second-order valence-electron chi connectivity index (χ2n) is 5.14. The van der Waals surface area contributed by atoms with Crippen molar-refractivity contribution in [1.29, 1.82) is 0 Å². The van der Waals surface area contributed by atoms with Crippen LogP contribution in [-0.4, -0.2) is 21.6 Å². The lowest BCUT2D eigenvalue weighted by Gasteiger charge is -2.09. The minimum atomic E-state index is 0.385. The zero-order chi connectivity index (χ0) is 14.5. The minimum absolute atomic E-state index is 0.385. The van der Waals surface area contributed by atoms with Crippen LogP contribution in [0.2, 0.25) is 0 Å². The Morgan fingerprint density at radius 3 is 2.70 bits per heavy atom. The van der Waals surface area contributed by atoms with E-state index >= 15 is 0 Å². The van der Waals surface area contributed by atoms with E-state index in [1.807, 2.05) is 31.3 Å². The van der Waals surface area contributed by atoms with E-state index in [1.165, 1.54) is 0 Å². The highest BCUT2D eigenvalue weighted by atomic mass is 16.5. The van der Waals surface area contributed by atoms with Gasteiger partial charge in [0.05, 0.1) is 6.61 Å². The molecule has 0 bridgehead atoms. The topological polar surface area (TPSA) is 47.9 Å². The van der Waals surface area contributed by atoms with Crippen LogP contribution in [0, 0.1) is 6.92 Å². The van der Waals surface area contributed by atoms with Crippen LogP contribution >= 0.6 is 0 Å². The number of hydrogen-bond donors (Lipinski definition) is 0. The molecule has 0 saturated carbocycles. The first-order valence-corrected chi connectivity index (χ1v) is 7.05. The number of aromatic nitrogens is 3. The molecule has 0 aliphatic heterocycles. The van der Waals surface area contributed by atoms with E-state index in [0.29, 0.717) is 24.2 Å².